The van der Waals surface area contributed by atoms with Gasteiger partial charge in [0.2, 0.25) is 0 Å². The fourth-order valence-corrected chi connectivity index (χ4v) is 4.17. The molecule has 1 heterocycles. The van der Waals surface area contributed by atoms with Crippen LogP contribution in [0, 0.1) is 0 Å². The van der Waals surface area contributed by atoms with E-state index in [1.165, 1.54) is 70.3 Å². The van der Waals surface area contributed by atoms with Crippen molar-refractivity contribution in [2.75, 3.05) is 0 Å². The molecule has 2 aliphatic rings. The first-order valence-corrected chi connectivity index (χ1v) is 11.0. The molecule has 0 aliphatic heterocycles. The highest BCUT2D eigenvalue weighted by Crippen LogP contribution is 2.34. The lowest BCUT2D eigenvalue weighted by Gasteiger charge is -2.15. The van der Waals surface area contributed by atoms with Gasteiger partial charge in [0.15, 0.2) is 0 Å². The molecular weight excluding hydrogens is 331 g/mol. The van der Waals surface area contributed by atoms with E-state index in [9.17, 15) is 4.57 Å². The molecule has 2 fully saturated rings. The molecule has 6 N–H and O–H groups in total. The smallest absolute Gasteiger partial charge is 0.328 e. The average Bonchev–Trinajstić information content (AvgIpc) is 3.05. The lowest BCUT2D eigenvalue weighted by Crippen LogP contribution is -2.22. The quantitative estimate of drug-likeness (QED) is 0.574. The van der Waals surface area contributed by atoms with Gasteiger partial charge in [0.25, 0.3) is 0 Å². The van der Waals surface area contributed by atoms with Crippen LogP contribution >= 0.6 is 18.9 Å². The van der Waals surface area contributed by atoms with E-state index < -0.39 is 7.60 Å². The zero-order valence-corrected chi connectivity index (χ0v) is 15.5. The molecule has 0 atom stereocenters. The van der Waals surface area contributed by atoms with Gasteiger partial charge in [-0.3, -0.25) is 4.57 Å². The lowest BCUT2D eigenvalue weighted by molar-refractivity contribution is 0.388. The molecule has 7 heteroatoms. The summed E-state index contributed by atoms with van der Waals surface area (Å²) in [6.45, 7) is 0. The Morgan fingerprint density at radius 2 is 1.35 bits per heavy atom. The Labute approximate surface area is 143 Å². The van der Waals surface area contributed by atoms with Crippen LogP contribution in [0.25, 0.3) is 0 Å². The first-order chi connectivity index (χ1) is 10.9. The van der Waals surface area contributed by atoms with Gasteiger partial charge < -0.3 is 21.3 Å². The van der Waals surface area contributed by atoms with Gasteiger partial charge in [0.05, 0.1) is 0 Å². The first-order valence-electron chi connectivity index (χ1n) is 8.50. The van der Waals surface area contributed by atoms with Gasteiger partial charge >= 0.3 is 7.60 Å². The number of rotatable bonds is 1. The second-order valence-corrected chi connectivity index (χ2v) is 9.11. The minimum Gasteiger partial charge on any atom is -0.328 e. The van der Waals surface area contributed by atoms with E-state index in [1.54, 1.807) is 11.4 Å². The standard InChI is InChI=1S/2C6H13N.C4H5O3PS/c2*7-6-4-2-1-3-5-6;5-8(6,7)4-2-1-3-9-4/h2*6H,1-5,7H2;1-3H,(H2,5,6,7). The Kier molecular flexibility index (Phi) is 10.3. The normalized spacial score (nSPS) is 20.0. The van der Waals surface area contributed by atoms with Crippen LogP contribution in [0.5, 0.6) is 0 Å². The van der Waals surface area contributed by atoms with Gasteiger partial charge in [-0.25, -0.2) is 0 Å². The maximum atomic E-state index is 10.4. The van der Waals surface area contributed by atoms with Crippen molar-refractivity contribution in [2.45, 2.75) is 76.3 Å². The van der Waals surface area contributed by atoms with Gasteiger partial charge in [-0.15, -0.1) is 11.3 Å². The zero-order chi connectivity index (χ0) is 17.1. The summed E-state index contributed by atoms with van der Waals surface area (Å²) in [6, 6.07) is 4.10. The third-order valence-corrected chi connectivity index (χ3v) is 6.52. The Morgan fingerprint density at radius 3 is 1.52 bits per heavy atom. The highest BCUT2D eigenvalue weighted by atomic mass is 32.1. The van der Waals surface area contributed by atoms with E-state index in [1.807, 2.05) is 0 Å². The minimum absolute atomic E-state index is 0.127. The van der Waals surface area contributed by atoms with E-state index in [4.69, 9.17) is 21.3 Å². The van der Waals surface area contributed by atoms with Crippen LogP contribution in [0.15, 0.2) is 17.5 Å². The van der Waals surface area contributed by atoms with E-state index in [0.717, 1.165) is 11.3 Å². The van der Waals surface area contributed by atoms with Gasteiger partial charge in [-0.2, -0.15) is 0 Å². The summed E-state index contributed by atoms with van der Waals surface area (Å²) in [4.78, 5) is 17.0. The Bertz CT molecular complexity index is 422. The Morgan fingerprint density at radius 1 is 0.913 bits per heavy atom. The Hall–Kier alpha value is -0.230. The second kappa shape index (κ2) is 11.3. The van der Waals surface area contributed by atoms with Crippen LogP contribution in [0.2, 0.25) is 0 Å². The highest BCUT2D eigenvalue weighted by molar-refractivity contribution is 7.67. The Balaban J connectivity index is 0.000000175. The summed E-state index contributed by atoms with van der Waals surface area (Å²) in [5.74, 6) is 0. The molecule has 5 nitrogen and oxygen atoms in total. The molecule has 0 amide bonds. The summed E-state index contributed by atoms with van der Waals surface area (Å²) < 4.78 is 10.5. The van der Waals surface area contributed by atoms with Gasteiger partial charge in [0.1, 0.15) is 4.62 Å². The first kappa shape index (κ1) is 20.8. The minimum atomic E-state index is -3.95. The van der Waals surface area contributed by atoms with Crippen LogP contribution in [0.1, 0.15) is 64.2 Å². The zero-order valence-electron chi connectivity index (χ0n) is 13.8. The average molecular weight is 362 g/mol. The monoisotopic (exact) mass is 362 g/mol. The highest BCUT2D eigenvalue weighted by Gasteiger charge is 2.16. The largest absolute Gasteiger partial charge is 0.366 e. The third kappa shape index (κ3) is 10.3. The van der Waals surface area contributed by atoms with E-state index >= 15 is 0 Å². The molecule has 3 rings (SSSR count). The van der Waals surface area contributed by atoms with Gasteiger partial charge in [-0.05, 0) is 37.1 Å². The molecule has 0 radical (unpaired) electrons. The fraction of sp³-hybridized carbons (Fsp3) is 0.750. The maximum absolute atomic E-state index is 10.4. The molecule has 23 heavy (non-hydrogen) atoms. The lowest BCUT2D eigenvalue weighted by atomic mass is 9.97. The van der Waals surface area contributed by atoms with Crippen LogP contribution in [0.3, 0.4) is 0 Å². The SMILES string of the molecule is NC1CCCCC1.NC1CCCCC1.O=P(O)(O)c1cccs1. The van der Waals surface area contributed by atoms with Gasteiger partial charge in [0, 0.05) is 12.1 Å². The van der Waals surface area contributed by atoms with E-state index in [0.29, 0.717) is 12.1 Å². The predicted molar refractivity (Wildman–Crippen MR) is 98.1 cm³/mol. The van der Waals surface area contributed by atoms with Crippen molar-refractivity contribution in [3.63, 3.8) is 0 Å². The number of hydrogen-bond donors (Lipinski definition) is 4. The molecule has 0 spiro atoms. The van der Waals surface area contributed by atoms with Crippen molar-refractivity contribution in [3.05, 3.63) is 17.5 Å². The van der Waals surface area contributed by atoms with Crippen molar-refractivity contribution in [2.24, 2.45) is 11.5 Å². The number of hydrogen-bond acceptors (Lipinski definition) is 4. The molecule has 134 valence electrons. The number of nitrogens with two attached hydrogens (primary N) is 2. The van der Waals surface area contributed by atoms with Crippen molar-refractivity contribution < 1.29 is 14.4 Å². The summed E-state index contributed by atoms with van der Waals surface area (Å²) in [5.41, 5.74) is 11.3. The maximum Gasteiger partial charge on any atom is 0.366 e. The molecule has 0 saturated heterocycles. The molecule has 2 aliphatic carbocycles. The van der Waals surface area contributed by atoms with Crippen molar-refractivity contribution in [1.29, 1.82) is 0 Å². The topological polar surface area (TPSA) is 110 Å². The van der Waals surface area contributed by atoms with Gasteiger partial charge in [-0.1, -0.05) is 44.6 Å². The van der Waals surface area contributed by atoms with Crippen molar-refractivity contribution >= 4 is 23.6 Å². The summed E-state index contributed by atoms with van der Waals surface area (Å²) in [6.07, 6.45) is 13.3. The molecule has 1 aromatic rings. The van der Waals surface area contributed by atoms with Crippen molar-refractivity contribution in [1.82, 2.24) is 0 Å². The molecule has 0 bridgehead atoms. The summed E-state index contributed by atoms with van der Waals surface area (Å²) >= 11 is 1.07. The van der Waals surface area contributed by atoms with E-state index in [2.05, 4.69) is 0 Å². The summed E-state index contributed by atoms with van der Waals surface area (Å²) in [7, 11) is -3.95. The van der Waals surface area contributed by atoms with Crippen LogP contribution in [0.4, 0.5) is 0 Å². The molecular formula is C16H31N2O3PS. The molecule has 0 aromatic carbocycles. The summed E-state index contributed by atoms with van der Waals surface area (Å²) in [5, 5.41) is 1.63. The fourth-order valence-electron chi connectivity index (χ4n) is 2.70. The van der Waals surface area contributed by atoms with Crippen LogP contribution in [-0.4, -0.2) is 21.9 Å². The van der Waals surface area contributed by atoms with Crippen LogP contribution in [-0.2, 0) is 4.57 Å². The predicted octanol–water partition coefficient (Wildman–Crippen LogP) is 3.11. The molecule has 1 aromatic heterocycles. The van der Waals surface area contributed by atoms with Crippen molar-refractivity contribution in [3.8, 4) is 0 Å². The molecule has 2 saturated carbocycles. The second-order valence-electron chi connectivity index (χ2n) is 6.29. The third-order valence-electron chi connectivity index (χ3n) is 4.09. The van der Waals surface area contributed by atoms with Crippen LogP contribution < -0.4 is 16.1 Å². The number of thiophene rings is 1. The molecule has 0 unspecified atom stereocenters. The van der Waals surface area contributed by atoms with E-state index in [-0.39, 0.29) is 4.62 Å².